The zero-order chi connectivity index (χ0) is 19.2. The first-order chi connectivity index (χ1) is 12.8. The quantitative estimate of drug-likeness (QED) is 0.531. The fraction of sp³-hybridized carbons (Fsp3) is 0.688. The molecular weight excluding hydrogens is 397 g/mol. The molecule has 2 aliphatic heterocycles. The summed E-state index contributed by atoms with van der Waals surface area (Å²) in [7, 11) is 3.44. The van der Waals surface area contributed by atoms with Gasteiger partial charge in [0.05, 0.1) is 10.3 Å². The molecule has 1 atom stereocenters. The molecule has 11 heteroatoms. The van der Waals surface area contributed by atoms with Crippen molar-refractivity contribution in [2.75, 3.05) is 25.4 Å². The van der Waals surface area contributed by atoms with E-state index in [-0.39, 0.29) is 17.2 Å². The number of hydrogen-bond donors (Lipinski definition) is 0. The van der Waals surface area contributed by atoms with E-state index in [1.165, 1.54) is 36.0 Å². The highest BCUT2D eigenvalue weighted by Gasteiger charge is 2.43. The van der Waals surface area contributed by atoms with Gasteiger partial charge in [0.1, 0.15) is 5.82 Å². The van der Waals surface area contributed by atoms with Crippen LogP contribution in [0.1, 0.15) is 35.2 Å². The van der Waals surface area contributed by atoms with Crippen molar-refractivity contribution in [2.45, 2.75) is 40.9 Å². The van der Waals surface area contributed by atoms with Crippen LogP contribution in [0.25, 0.3) is 0 Å². The summed E-state index contributed by atoms with van der Waals surface area (Å²) in [6.45, 7) is 3.51. The topological polar surface area (TPSA) is 51.8 Å². The molecule has 1 fully saturated rings. The van der Waals surface area contributed by atoms with Gasteiger partial charge in [0, 0.05) is 25.4 Å². The number of thioether (sulfide) groups is 2. The summed E-state index contributed by atoms with van der Waals surface area (Å²) in [5.74, 6) is 1.68. The van der Waals surface area contributed by atoms with E-state index in [0.717, 1.165) is 29.7 Å². The fourth-order valence-corrected chi connectivity index (χ4v) is 5.59. The van der Waals surface area contributed by atoms with Gasteiger partial charge in [-0.2, -0.15) is 18.3 Å². The van der Waals surface area contributed by atoms with Crippen molar-refractivity contribution in [2.24, 2.45) is 14.1 Å². The van der Waals surface area contributed by atoms with Crippen molar-refractivity contribution in [3.8, 4) is 0 Å². The average molecular weight is 419 g/mol. The monoisotopic (exact) mass is 418 g/mol. The molecule has 0 spiro atoms. The molecule has 1 unspecified atom stereocenters. The highest BCUT2D eigenvalue weighted by Crippen LogP contribution is 2.49. The molecule has 1 saturated heterocycles. The maximum absolute atomic E-state index is 13.2. The second-order valence-electron chi connectivity index (χ2n) is 6.86. The molecule has 0 aliphatic carbocycles. The Morgan fingerprint density at radius 1 is 1.22 bits per heavy atom. The predicted octanol–water partition coefficient (Wildman–Crippen LogP) is 3.14. The third-order valence-electron chi connectivity index (χ3n) is 4.95. The molecule has 0 saturated carbocycles. The molecule has 148 valence electrons. The molecule has 6 nitrogen and oxygen atoms in total. The summed E-state index contributed by atoms with van der Waals surface area (Å²) in [4.78, 5) is 2.43. The first-order valence-electron chi connectivity index (χ1n) is 8.88. The summed E-state index contributed by atoms with van der Waals surface area (Å²) in [6, 6.07) is 0. The molecule has 0 amide bonds. The number of aromatic nitrogens is 5. The second-order valence-corrected chi connectivity index (χ2v) is 9.11. The molecule has 4 heterocycles. The Morgan fingerprint density at radius 2 is 2.00 bits per heavy atom. The Bertz CT molecular complexity index is 827. The van der Waals surface area contributed by atoms with E-state index in [1.807, 2.05) is 11.6 Å². The first-order valence-corrected chi connectivity index (χ1v) is 10.8. The Balaban J connectivity index is 1.41. The van der Waals surface area contributed by atoms with Gasteiger partial charge in [-0.05, 0) is 38.9 Å². The van der Waals surface area contributed by atoms with Gasteiger partial charge in [0.2, 0.25) is 0 Å². The molecule has 0 N–H and O–H groups in total. The van der Waals surface area contributed by atoms with Gasteiger partial charge in [-0.15, -0.1) is 10.2 Å². The highest BCUT2D eigenvalue weighted by atomic mass is 32.2. The van der Waals surface area contributed by atoms with Gasteiger partial charge in [-0.1, -0.05) is 23.5 Å². The normalized spacial score (nSPS) is 20.1. The number of rotatable bonds is 6. The second kappa shape index (κ2) is 7.32. The van der Waals surface area contributed by atoms with E-state index in [0.29, 0.717) is 5.03 Å². The van der Waals surface area contributed by atoms with Gasteiger partial charge in [-0.3, -0.25) is 4.68 Å². The number of hydrogen-bond acceptors (Lipinski definition) is 6. The molecule has 2 aliphatic rings. The van der Waals surface area contributed by atoms with Crippen LogP contribution in [0.3, 0.4) is 0 Å². The highest BCUT2D eigenvalue weighted by molar-refractivity contribution is 8.00. The van der Waals surface area contributed by atoms with Gasteiger partial charge >= 0.3 is 6.18 Å². The molecule has 0 aromatic carbocycles. The van der Waals surface area contributed by atoms with Crippen molar-refractivity contribution >= 4 is 23.5 Å². The van der Waals surface area contributed by atoms with E-state index >= 15 is 0 Å². The minimum atomic E-state index is -4.43. The molecule has 4 rings (SSSR count). The Morgan fingerprint density at radius 3 is 2.67 bits per heavy atom. The van der Waals surface area contributed by atoms with Crippen LogP contribution in [-0.2, 0) is 26.7 Å². The largest absolute Gasteiger partial charge is 0.435 e. The van der Waals surface area contributed by atoms with Crippen molar-refractivity contribution in [3.05, 3.63) is 17.1 Å². The predicted molar refractivity (Wildman–Crippen MR) is 97.9 cm³/mol. The zero-order valence-electron chi connectivity index (χ0n) is 15.2. The van der Waals surface area contributed by atoms with Crippen molar-refractivity contribution < 1.29 is 13.2 Å². The van der Waals surface area contributed by atoms with Crippen LogP contribution in [-0.4, -0.2) is 54.8 Å². The molecule has 0 radical (unpaired) electrons. The van der Waals surface area contributed by atoms with Gasteiger partial charge in [0.15, 0.2) is 10.9 Å². The first kappa shape index (κ1) is 19.1. The number of nitrogens with zero attached hydrogens (tertiary/aromatic N) is 6. The molecule has 27 heavy (non-hydrogen) atoms. The maximum atomic E-state index is 13.2. The van der Waals surface area contributed by atoms with Gasteiger partial charge in [-0.25, -0.2) is 0 Å². The lowest BCUT2D eigenvalue weighted by atomic mass is 10.1. The van der Waals surface area contributed by atoms with Crippen LogP contribution in [0.4, 0.5) is 13.2 Å². The summed E-state index contributed by atoms with van der Waals surface area (Å²) >= 11 is 3.04. The standard InChI is InChI=1S/C16H21F3N6S2/c1-23-13(20-21-15(23)26-8-4-7-25-5-3-6-25)11-9-10-12(16(17,18)19)22-24(2)14(10)27-11/h11H,3-9H2,1-2H3. The van der Waals surface area contributed by atoms with E-state index in [2.05, 4.69) is 20.2 Å². The number of alkyl halides is 3. The zero-order valence-corrected chi connectivity index (χ0v) is 16.8. The maximum Gasteiger partial charge on any atom is 0.435 e. The van der Waals surface area contributed by atoms with Crippen molar-refractivity contribution in [3.63, 3.8) is 0 Å². The SMILES string of the molecule is Cn1nc(C(F)(F)F)c2c1SC(c1nnc(SCCCN3CCC3)n1C)C2. The number of likely N-dealkylation sites (tertiary alicyclic amines) is 1. The Labute approximate surface area is 163 Å². The van der Waals surface area contributed by atoms with Crippen LogP contribution in [0.15, 0.2) is 10.2 Å². The number of fused-ring (bicyclic) bond motifs is 1. The molecule has 2 aromatic heterocycles. The van der Waals surface area contributed by atoms with Crippen LogP contribution >= 0.6 is 23.5 Å². The number of aryl methyl sites for hydroxylation is 1. The van der Waals surface area contributed by atoms with Crippen LogP contribution in [0, 0.1) is 0 Å². The lowest BCUT2D eigenvalue weighted by Crippen LogP contribution is -2.37. The lowest BCUT2D eigenvalue weighted by Gasteiger charge is -2.30. The fourth-order valence-electron chi connectivity index (χ4n) is 3.41. The molecular formula is C16H21F3N6S2. The van der Waals surface area contributed by atoms with Crippen molar-refractivity contribution in [1.29, 1.82) is 0 Å². The third kappa shape index (κ3) is 3.73. The lowest BCUT2D eigenvalue weighted by molar-refractivity contribution is -0.142. The summed E-state index contributed by atoms with van der Waals surface area (Å²) in [5.41, 5.74) is -0.510. The summed E-state index contributed by atoms with van der Waals surface area (Å²) in [6.07, 6.45) is -1.77. The molecule has 2 aromatic rings. The van der Waals surface area contributed by atoms with E-state index in [4.69, 9.17) is 0 Å². The third-order valence-corrected chi connectivity index (χ3v) is 7.46. The average Bonchev–Trinajstić information content (AvgIpc) is 3.20. The van der Waals surface area contributed by atoms with Gasteiger partial charge in [0.25, 0.3) is 0 Å². The summed E-state index contributed by atoms with van der Waals surface area (Å²) in [5, 5.41) is 13.4. The summed E-state index contributed by atoms with van der Waals surface area (Å²) < 4.78 is 42.9. The van der Waals surface area contributed by atoms with E-state index < -0.39 is 11.9 Å². The minimum absolute atomic E-state index is 0.168. The minimum Gasteiger partial charge on any atom is -0.308 e. The Hall–Kier alpha value is -1.20. The van der Waals surface area contributed by atoms with E-state index in [1.54, 1.807) is 18.8 Å². The smallest absolute Gasteiger partial charge is 0.308 e. The van der Waals surface area contributed by atoms with Crippen LogP contribution < -0.4 is 0 Å². The Kier molecular flexibility index (Phi) is 5.19. The van der Waals surface area contributed by atoms with Gasteiger partial charge < -0.3 is 9.47 Å². The number of halogens is 3. The van der Waals surface area contributed by atoms with E-state index in [9.17, 15) is 13.2 Å². The van der Waals surface area contributed by atoms with Crippen LogP contribution in [0.2, 0.25) is 0 Å². The molecule has 0 bridgehead atoms. The van der Waals surface area contributed by atoms with Crippen LogP contribution in [0.5, 0.6) is 0 Å². The van der Waals surface area contributed by atoms with Crippen molar-refractivity contribution in [1.82, 2.24) is 29.4 Å².